The molecule has 1 aliphatic rings. The lowest BCUT2D eigenvalue weighted by molar-refractivity contribution is 0.364. The number of nitrogens with one attached hydrogen (secondary N) is 3. The quantitative estimate of drug-likeness (QED) is 0.391. The molecule has 3 rings (SSSR count). The molecule has 0 fully saturated rings. The molecule has 0 aliphatic heterocycles. The Morgan fingerprint density at radius 3 is 2.48 bits per heavy atom. The summed E-state index contributed by atoms with van der Waals surface area (Å²) in [6, 6.07) is 15.9. The van der Waals surface area contributed by atoms with Crippen molar-refractivity contribution >= 4 is 15.7 Å². The molecule has 0 spiro atoms. The maximum Gasteiger partial charge on any atom is 0.242 e. The molecular weight excluding hydrogens is 430 g/mol. The van der Waals surface area contributed by atoms with E-state index < -0.39 is 10.0 Å². The van der Waals surface area contributed by atoms with Crippen LogP contribution in [-0.2, 0) is 22.9 Å². The van der Waals surface area contributed by atoms with E-state index in [1.54, 1.807) is 25.2 Å². The molecule has 1 unspecified atom stereocenters. The normalized spacial score (nSPS) is 17.8. The van der Waals surface area contributed by atoms with Crippen LogP contribution in [0, 0.1) is 17.8 Å². The zero-order valence-corrected chi connectivity index (χ0v) is 21.3. The van der Waals surface area contributed by atoms with Crippen LogP contribution in [0.5, 0.6) is 0 Å². The zero-order valence-electron chi connectivity index (χ0n) is 20.4. The highest BCUT2D eigenvalue weighted by Crippen LogP contribution is 2.25. The Balaban J connectivity index is 1.37. The van der Waals surface area contributed by atoms with E-state index >= 15 is 0 Å². The van der Waals surface area contributed by atoms with Gasteiger partial charge in [-0.05, 0) is 86.2 Å². The summed E-state index contributed by atoms with van der Waals surface area (Å²) in [5.74, 6) is 1.65. The molecule has 3 atom stereocenters. The van der Waals surface area contributed by atoms with E-state index in [9.17, 15) is 8.42 Å². The molecule has 182 valence electrons. The molecule has 6 heteroatoms. The maximum absolute atomic E-state index is 12.8. The molecule has 0 radical (unpaired) electrons. The third-order valence-corrected chi connectivity index (χ3v) is 8.51. The number of hydrogen-bond donors (Lipinski definition) is 3. The summed E-state index contributed by atoms with van der Waals surface area (Å²) >= 11 is 0. The van der Waals surface area contributed by atoms with E-state index in [2.05, 4.69) is 53.5 Å². The van der Waals surface area contributed by atoms with Crippen molar-refractivity contribution in [1.82, 2.24) is 10.0 Å². The van der Waals surface area contributed by atoms with E-state index in [1.807, 2.05) is 6.07 Å². The fourth-order valence-corrected chi connectivity index (χ4v) is 6.09. The monoisotopic (exact) mass is 471 g/mol. The predicted molar refractivity (Wildman–Crippen MR) is 138 cm³/mol. The van der Waals surface area contributed by atoms with Gasteiger partial charge < -0.3 is 10.6 Å². The Bertz CT molecular complexity index is 977. The molecule has 0 aromatic heterocycles. The Hall–Kier alpha value is -1.89. The standard InChI is InChI=1S/C27H41N3O2S/c1-4-22(20-30-33(31,32)27-12-8-7-11-26(27)28-3)14-13-21(2)18-29-19-23-15-16-24-9-5-6-10-25(24)17-23/h5-12,21-23,28-30H,4,13-20H2,1-3H3/t21-,22-,23?/m0/s1. The van der Waals surface area contributed by atoms with Crippen molar-refractivity contribution in [2.24, 2.45) is 17.8 Å². The highest BCUT2D eigenvalue weighted by Gasteiger charge is 2.20. The number of hydrogen-bond acceptors (Lipinski definition) is 4. The van der Waals surface area contributed by atoms with Crippen LogP contribution in [-0.4, -0.2) is 35.1 Å². The van der Waals surface area contributed by atoms with Crippen LogP contribution in [0.15, 0.2) is 53.4 Å². The lowest BCUT2D eigenvalue weighted by atomic mass is 9.84. The van der Waals surface area contributed by atoms with Gasteiger partial charge in [0.15, 0.2) is 0 Å². The first-order valence-corrected chi connectivity index (χ1v) is 13.9. The van der Waals surface area contributed by atoms with Gasteiger partial charge in [-0.1, -0.05) is 56.7 Å². The summed E-state index contributed by atoms with van der Waals surface area (Å²) in [5, 5.41) is 6.66. The maximum atomic E-state index is 12.8. The Labute approximate surface area is 200 Å². The number of sulfonamides is 1. The van der Waals surface area contributed by atoms with Gasteiger partial charge in [0, 0.05) is 13.6 Å². The second kappa shape index (κ2) is 12.5. The SMILES string of the molecule is CC[C@@H](CC[C@H](C)CNCC1CCc2ccccc2C1)CNS(=O)(=O)c1ccccc1NC. The van der Waals surface area contributed by atoms with E-state index in [4.69, 9.17) is 0 Å². The van der Waals surface area contributed by atoms with Crippen molar-refractivity contribution in [2.75, 3.05) is 32.0 Å². The number of aryl methyl sites for hydroxylation is 1. The van der Waals surface area contributed by atoms with Crippen molar-refractivity contribution in [3.8, 4) is 0 Å². The second-order valence-electron chi connectivity index (χ2n) is 9.59. The van der Waals surface area contributed by atoms with Gasteiger partial charge >= 0.3 is 0 Å². The highest BCUT2D eigenvalue weighted by molar-refractivity contribution is 7.89. The zero-order chi connectivity index (χ0) is 23.7. The summed E-state index contributed by atoms with van der Waals surface area (Å²) in [6.07, 6.45) is 6.77. The molecule has 0 bridgehead atoms. The number of fused-ring (bicyclic) bond motifs is 1. The van der Waals surface area contributed by atoms with E-state index in [-0.39, 0.29) is 0 Å². The van der Waals surface area contributed by atoms with E-state index in [0.29, 0.717) is 29.0 Å². The minimum Gasteiger partial charge on any atom is -0.387 e. The van der Waals surface area contributed by atoms with Crippen LogP contribution in [0.4, 0.5) is 5.69 Å². The summed E-state index contributed by atoms with van der Waals surface area (Å²) in [7, 11) is -1.78. The number of anilines is 1. The third-order valence-electron chi connectivity index (χ3n) is 7.03. The first-order chi connectivity index (χ1) is 15.9. The molecule has 0 amide bonds. The topological polar surface area (TPSA) is 70.2 Å². The van der Waals surface area contributed by atoms with Crippen molar-refractivity contribution in [2.45, 2.75) is 57.3 Å². The van der Waals surface area contributed by atoms with Gasteiger partial charge in [-0.3, -0.25) is 0 Å². The third kappa shape index (κ3) is 7.56. The van der Waals surface area contributed by atoms with E-state index in [1.165, 1.54) is 30.4 Å². The van der Waals surface area contributed by atoms with Gasteiger partial charge in [-0.15, -0.1) is 0 Å². The molecule has 0 saturated heterocycles. The highest BCUT2D eigenvalue weighted by atomic mass is 32.2. The molecule has 3 N–H and O–H groups in total. The largest absolute Gasteiger partial charge is 0.387 e. The van der Waals surface area contributed by atoms with Crippen LogP contribution < -0.4 is 15.4 Å². The van der Waals surface area contributed by atoms with Gasteiger partial charge in [-0.2, -0.15) is 0 Å². The first-order valence-electron chi connectivity index (χ1n) is 12.5. The van der Waals surface area contributed by atoms with Crippen LogP contribution in [0.2, 0.25) is 0 Å². The fourth-order valence-electron chi connectivity index (χ4n) is 4.77. The van der Waals surface area contributed by atoms with Crippen LogP contribution >= 0.6 is 0 Å². The van der Waals surface area contributed by atoms with Crippen molar-refractivity contribution in [1.29, 1.82) is 0 Å². The van der Waals surface area contributed by atoms with Gasteiger partial charge in [0.25, 0.3) is 0 Å². The molecule has 1 aliphatic carbocycles. The van der Waals surface area contributed by atoms with Crippen LogP contribution in [0.1, 0.15) is 50.7 Å². The van der Waals surface area contributed by atoms with Gasteiger partial charge in [0.05, 0.1) is 5.69 Å². The lowest BCUT2D eigenvalue weighted by Gasteiger charge is -2.25. The number of benzene rings is 2. The number of rotatable bonds is 13. The molecular formula is C27H41N3O2S. The number of para-hydroxylation sites is 1. The molecule has 5 nitrogen and oxygen atoms in total. The van der Waals surface area contributed by atoms with Crippen molar-refractivity contribution in [3.63, 3.8) is 0 Å². The first kappa shape index (κ1) is 25.7. The molecule has 0 saturated carbocycles. The van der Waals surface area contributed by atoms with Gasteiger partial charge in [0.2, 0.25) is 10.0 Å². The van der Waals surface area contributed by atoms with Crippen molar-refractivity contribution < 1.29 is 8.42 Å². The Kier molecular flexibility index (Phi) is 9.78. The second-order valence-corrected chi connectivity index (χ2v) is 11.3. The van der Waals surface area contributed by atoms with E-state index in [0.717, 1.165) is 38.3 Å². The average molecular weight is 472 g/mol. The lowest BCUT2D eigenvalue weighted by Crippen LogP contribution is -2.31. The molecule has 33 heavy (non-hydrogen) atoms. The Morgan fingerprint density at radius 1 is 1.00 bits per heavy atom. The summed E-state index contributed by atoms with van der Waals surface area (Å²) in [6.45, 7) is 7.03. The van der Waals surface area contributed by atoms with Gasteiger partial charge in [-0.25, -0.2) is 13.1 Å². The van der Waals surface area contributed by atoms with Crippen molar-refractivity contribution in [3.05, 3.63) is 59.7 Å². The van der Waals surface area contributed by atoms with Gasteiger partial charge in [0.1, 0.15) is 4.90 Å². The molecule has 2 aromatic rings. The summed E-state index contributed by atoms with van der Waals surface area (Å²) in [5.41, 5.74) is 3.67. The molecule has 2 aromatic carbocycles. The summed E-state index contributed by atoms with van der Waals surface area (Å²) < 4.78 is 28.4. The predicted octanol–water partition coefficient (Wildman–Crippen LogP) is 4.84. The smallest absolute Gasteiger partial charge is 0.242 e. The minimum absolute atomic E-state index is 0.310. The minimum atomic E-state index is -3.52. The van der Waals surface area contributed by atoms with Crippen LogP contribution in [0.25, 0.3) is 0 Å². The summed E-state index contributed by atoms with van der Waals surface area (Å²) in [4.78, 5) is 0.310. The fraction of sp³-hybridized carbons (Fsp3) is 0.556. The average Bonchev–Trinajstić information content (AvgIpc) is 2.84. The van der Waals surface area contributed by atoms with Crippen LogP contribution in [0.3, 0.4) is 0 Å². The Morgan fingerprint density at radius 2 is 1.73 bits per heavy atom. The molecule has 0 heterocycles.